The number of nitrogens with zero attached hydrogens (tertiary/aromatic N) is 3. The molecule has 1 amide bonds. The minimum atomic E-state index is -0.728. The zero-order chi connectivity index (χ0) is 31.5. The van der Waals surface area contributed by atoms with Crippen LogP contribution < -0.4 is 10.9 Å². The van der Waals surface area contributed by atoms with Gasteiger partial charge in [0, 0.05) is 48.5 Å². The summed E-state index contributed by atoms with van der Waals surface area (Å²) in [4.78, 5) is 32.1. The fourth-order valence-corrected chi connectivity index (χ4v) is 6.68. The monoisotopic (exact) mass is 624 g/mol. The summed E-state index contributed by atoms with van der Waals surface area (Å²) >= 11 is 1.63. The molecule has 2 aromatic heterocycles. The van der Waals surface area contributed by atoms with E-state index in [1.165, 1.54) is 5.56 Å². The number of anilines is 1. The van der Waals surface area contributed by atoms with Crippen molar-refractivity contribution in [3.63, 3.8) is 0 Å². The number of aryl methyl sites for hydroxylation is 1. The van der Waals surface area contributed by atoms with E-state index >= 15 is 0 Å². The summed E-state index contributed by atoms with van der Waals surface area (Å²) < 4.78 is 16.6. The standard InChI is InChI=1S/C35H36N4O5S/c1-22-11-16-28-30(19-22)45-34(37-28)24-12-14-26(15-13-24)36-33(41)29-20-25(21-31(44-29)43-18-8-7-17-40)32-23(2)38(3)39(35(32)42)27-9-5-4-6-10-27/h4-6,9-16,19-20,25,31,40H,7-8,17-18,21H2,1-3H3,(H,36,41)/t25-,31+/m1/s1. The maximum Gasteiger partial charge on any atom is 0.290 e. The topological polar surface area (TPSA) is 108 Å². The second-order valence-electron chi connectivity index (χ2n) is 11.2. The minimum absolute atomic E-state index is 0.0741. The van der Waals surface area contributed by atoms with Crippen LogP contribution in [0.5, 0.6) is 0 Å². The van der Waals surface area contributed by atoms with Gasteiger partial charge in [0.1, 0.15) is 5.01 Å². The number of unbranched alkanes of at least 4 members (excludes halogenated alkanes) is 1. The van der Waals surface area contributed by atoms with Crippen molar-refractivity contribution in [2.75, 3.05) is 18.5 Å². The summed E-state index contributed by atoms with van der Waals surface area (Å²) in [6.07, 6.45) is 2.62. The summed E-state index contributed by atoms with van der Waals surface area (Å²) in [6, 6.07) is 23.2. The average Bonchev–Trinajstić information content (AvgIpc) is 3.56. The van der Waals surface area contributed by atoms with Crippen LogP contribution in [0.2, 0.25) is 0 Å². The van der Waals surface area contributed by atoms with Gasteiger partial charge in [-0.25, -0.2) is 9.67 Å². The van der Waals surface area contributed by atoms with Gasteiger partial charge in [0.2, 0.25) is 6.29 Å². The number of fused-ring (bicyclic) bond motifs is 1. The normalized spacial score (nSPS) is 16.4. The molecule has 0 saturated heterocycles. The van der Waals surface area contributed by atoms with Crippen LogP contribution in [0.25, 0.3) is 26.5 Å². The van der Waals surface area contributed by atoms with Gasteiger partial charge in [-0.3, -0.25) is 14.3 Å². The quantitative estimate of drug-likeness (QED) is 0.179. The molecule has 3 aromatic carbocycles. The van der Waals surface area contributed by atoms with E-state index in [-0.39, 0.29) is 17.9 Å². The molecule has 2 atom stereocenters. The zero-order valence-corrected chi connectivity index (χ0v) is 26.3. The molecule has 6 rings (SSSR count). The summed E-state index contributed by atoms with van der Waals surface area (Å²) in [6.45, 7) is 4.41. The van der Waals surface area contributed by atoms with Crippen LogP contribution in [-0.4, -0.2) is 44.9 Å². The Morgan fingerprint density at radius 1 is 1.09 bits per heavy atom. The van der Waals surface area contributed by atoms with Crippen molar-refractivity contribution >= 4 is 33.1 Å². The Morgan fingerprint density at radius 2 is 1.87 bits per heavy atom. The molecule has 3 heterocycles. The Kier molecular flexibility index (Phi) is 8.97. The summed E-state index contributed by atoms with van der Waals surface area (Å²) in [5.41, 5.74) is 5.73. The summed E-state index contributed by atoms with van der Waals surface area (Å²) in [7, 11) is 1.85. The molecule has 45 heavy (non-hydrogen) atoms. The lowest BCUT2D eigenvalue weighted by molar-refractivity contribution is -0.143. The average molecular weight is 625 g/mol. The van der Waals surface area contributed by atoms with Crippen molar-refractivity contribution in [3.8, 4) is 16.3 Å². The second kappa shape index (κ2) is 13.2. The highest BCUT2D eigenvalue weighted by molar-refractivity contribution is 7.21. The molecule has 0 aliphatic carbocycles. The highest BCUT2D eigenvalue weighted by Crippen LogP contribution is 2.34. The molecule has 232 valence electrons. The van der Waals surface area contributed by atoms with E-state index in [0.29, 0.717) is 37.1 Å². The van der Waals surface area contributed by atoms with Crippen molar-refractivity contribution in [1.82, 2.24) is 14.3 Å². The largest absolute Gasteiger partial charge is 0.459 e. The van der Waals surface area contributed by atoms with Crippen molar-refractivity contribution < 1.29 is 19.4 Å². The number of rotatable bonds is 10. The van der Waals surface area contributed by atoms with E-state index in [4.69, 9.17) is 19.6 Å². The number of hydrogen-bond acceptors (Lipinski definition) is 7. The number of aliphatic hydroxyl groups excluding tert-OH is 1. The number of benzene rings is 3. The molecule has 0 bridgehead atoms. The van der Waals surface area contributed by atoms with Crippen LogP contribution in [0.4, 0.5) is 5.69 Å². The van der Waals surface area contributed by atoms with E-state index in [1.54, 1.807) is 22.1 Å². The molecule has 0 unspecified atom stereocenters. The third-order valence-corrected chi connectivity index (χ3v) is 9.11. The fourth-order valence-electron chi connectivity index (χ4n) is 5.61. The van der Waals surface area contributed by atoms with Crippen LogP contribution in [0.3, 0.4) is 0 Å². The van der Waals surface area contributed by atoms with Crippen LogP contribution in [0.15, 0.2) is 89.4 Å². The van der Waals surface area contributed by atoms with Gasteiger partial charge in [-0.2, -0.15) is 0 Å². The van der Waals surface area contributed by atoms with Gasteiger partial charge < -0.3 is 19.9 Å². The SMILES string of the molecule is Cc1ccc2nc(-c3ccc(NC(=O)C4=C[C@@H](c5c(C)n(C)n(-c6ccccc6)c5=O)C[C@@H](OCCCCO)O4)cc3)sc2c1. The number of carbonyl (C=O) groups is 1. The Hall–Kier alpha value is -4.51. The van der Waals surface area contributed by atoms with Crippen LogP contribution in [0, 0.1) is 13.8 Å². The number of hydrogen-bond donors (Lipinski definition) is 2. The first-order valence-electron chi connectivity index (χ1n) is 15.1. The number of aromatic nitrogens is 3. The van der Waals surface area contributed by atoms with Crippen LogP contribution >= 0.6 is 11.3 Å². The minimum Gasteiger partial charge on any atom is -0.459 e. The number of allylic oxidation sites excluding steroid dienone is 1. The Morgan fingerprint density at radius 3 is 2.62 bits per heavy atom. The molecule has 0 saturated carbocycles. The van der Waals surface area contributed by atoms with Crippen molar-refractivity contribution in [2.45, 2.75) is 45.3 Å². The molecule has 2 N–H and O–H groups in total. The van der Waals surface area contributed by atoms with Crippen LogP contribution in [-0.2, 0) is 21.3 Å². The Labute approximate surface area is 265 Å². The maximum atomic E-state index is 13.8. The highest BCUT2D eigenvalue weighted by atomic mass is 32.1. The smallest absolute Gasteiger partial charge is 0.290 e. The number of para-hydroxylation sites is 1. The van der Waals surface area contributed by atoms with Crippen molar-refractivity contribution in [3.05, 3.63) is 112 Å². The van der Waals surface area contributed by atoms with Gasteiger partial charge in [0.05, 0.1) is 22.5 Å². The van der Waals surface area contributed by atoms with Crippen molar-refractivity contribution in [1.29, 1.82) is 0 Å². The molecule has 0 fully saturated rings. The predicted octanol–water partition coefficient (Wildman–Crippen LogP) is 6.21. The molecule has 0 spiro atoms. The maximum absolute atomic E-state index is 13.8. The number of amides is 1. The lowest BCUT2D eigenvalue weighted by Gasteiger charge is -2.29. The molecule has 10 heteroatoms. The van der Waals surface area contributed by atoms with Gasteiger partial charge in [-0.15, -0.1) is 11.3 Å². The van der Waals surface area contributed by atoms with Gasteiger partial charge >= 0.3 is 0 Å². The molecule has 9 nitrogen and oxygen atoms in total. The number of aliphatic hydroxyl groups is 1. The lowest BCUT2D eigenvalue weighted by Crippen LogP contribution is -2.31. The van der Waals surface area contributed by atoms with Crippen LogP contribution in [0.1, 0.15) is 42.0 Å². The Balaban J connectivity index is 1.25. The van der Waals surface area contributed by atoms with E-state index in [2.05, 4.69) is 24.4 Å². The number of carbonyl (C=O) groups excluding carboxylic acids is 1. The number of thiazole rings is 1. The van der Waals surface area contributed by atoms with Crippen molar-refractivity contribution in [2.24, 2.45) is 7.05 Å². The molecular formula is C35H36N4O5S. The third-order valence-electron chi connectivity index (χ3n) is 8.04. The first kappa shape index (κ1) is 30.5. The lowest BCUT2D eigenvalue weighted by atomic mass is 9.93. The number of nitrogens with one attached hydrogen (secondary N) is 1. The predicted molar refractivity (Wildman–Crippen MR) is 177 cm³/mol. The van der Waals surface area contributed by atoms with Gasteiger partial charge in [0.15, 0.2) is 5.76 Å². The number of ether oxygens (including phenoxy) is 2. The van der Waals surface area contributed by atoms with E-state index in [9.17, 15) is 9.59 Å². The summed E-state index contributed by atoms with van der Waals surface area (Å²) in [5.74, 6) is -0.738. The first-order chi connectivity index (χ1) is 21.8. The first-order valence-corrected chi connectivity index (χ1v) is 15.9. The molecule has 1 aliphatic rings. The van der Waals surface area contributed by atoms with E-state index in [0.717, 1.165) is 32.2 Å². The molecule has 0 radical (unpaired) electrons. The third kappa shape index (κ3) is 6.49. The van der Waals surface area contributed by atoms with Gasteiger partial charge in [-0.05, 0) is 86.9 Å². The molecule has 1 aliphatic heterocycles. The van der Waals surface area contributed by atoms with Gasteiger partial charge in [-0.1, -0.05) is 24.3 Å². The molecular weight excluding hydrogens is 588 g/mol. The Bertz CT molecular complexity index is 1910. The highest BCUT2D eigenvalue weighted by Gasteiger charge is 2.33. The summed E-state index contributed by atoms with van der Waals surface area (Å²) in [5, 5.41) is 13.0. The fraction of sp³-hybridized carbons (Fsp3) is 0.286. The van der Waals surface area contributed by atoms with E-state index in [1.807, 2.05) is 79.3 Å². The zero-order valence-electron chi connectivity index (χ0n) is 25.5. The van der Waals surface area contributed by atoms with Gasteiger partial charge in [0.25, 0.3) is 11.5 Å². The second-order valence-corrected chi connectivity index (χ2v) is 12.2. The van der Waals surface area contributed by atoms with E-state index < -0.39 is 18.1 Å². The molecule has 5 aromatic rings.